The number of nitrogens with zero attached hydrogens (tertiary/aromatic N) is 1. The van der Waals surface area contributed by atoms with Crippen molar-refractivity contribution in [2.24, 2.45) is 0 Å². The number of aliphatic hydroxyl groups is 1. The summed E-state index contributed by atoms with van der Waals surface area (Å²) >= 11 is 0. The zero-order valence-corrected chi connectivity index (χ0v) is 23.5. The van der Waals surface area contributed by atoms with E-state index in [1.807, 2.05) is 21.1 Å². The number of phosphoric acid groups is 1. The van der Waals surface area contributed by atoms with Gasteiger partial charge in [-0.2, -0.15) is 0 Å². The second kappa shape index (κ2) is 22.0. The van der Waals surface area contributed by atoms with Crippen LogP contribution in [-0.4, -0.2) is 74.7 Å². The number of unbranched alkanes of at least 4 members (excludes halogenated alkanes) is 12. The van der Waals surface area contributed by atoms with Crippen molar-refractivity contribution >= 4 is 7.82 Å². The Morgan fingerprint density at radius 3 is 1.85 bits per heavy atom. The quantitative estimate of drug-likeness (QED) is 0.0657. The van der Waals surface area contributed by atoms with Crippen LogP contribution in [-0.2, 0) is 18.3 Å². The SMILES string of the molecule is CCCCCCC=CCCCCCCCCCCOC[C@@H](O)COP(=O)(O)OCC[N+](C)(C)C. The van der Waals surface area contributed by atoms with E-state index in [9.17, 15) is 14.6 Å². The van der Waals surface area contributed by atoms with Crippen LogP contribution in [0, 0.1) is 0 Å². The molecule has 0 aliphatic heterocycles. The number of ether oxygens (including phenoxy) is 1. The summed E-state index contributed by atoms with van der Waals surface area (Å²) in [6.45, 7) is 3.33. The van der Waals surface area contributed by atoms with Gasteiger partial charge in [0.15, 0.2) is 0 Å². The molecule has 0 aliphatic rings. The van der Waals surface area contributed by atoms with Gasteiger partial charge in [-0.25, -0.2) is 4.57 Å². The molecule has 204 valence electrons. The summed E-state index contributed by atoms with van der Waals surface area (Å²) in [6, 6.07) is 0. The van der Waals surface area contributed by atoms with Crippen molar-refractivity contribution in [2.75, 3.05) is 54.1 Å². The maximum absolute atomic E-state index is 11.8. The average molecular weight is 509 g/mol. The predicted octanol–water partition coefficient (Wildman–Crippen LogP) is 6.24. The van der Waals surface area contributed by atoms with Gasteiger partial charge in [0.2, 0.25) is 0 Å². The lowest BCUT2D eigenvalue weighted by Gasteiger charge is -2.24. The van der Waals surface area contributed by atoms with E-state index < -0.39 is 13.9 Å². The lowest BCUT2D eigenvalue weighted by molar-refractivity contribution is -0.870. The molecule has 0 saturated carbocycles. The monoisotopic (exact) mass is 508 g/mol. The van der Waals surface area contributed by atoms with Gasteiger partial charge in [0.05, 0.1) is 34.4 Å². The third kappa shape index (κ3) is 26.3. The molecule has 7 nitrogen and oxygen atoms in total. The number of quaternary nitrogens is 1. The van der Waals surface area contributed by atoms with Crippen molar-refractivity contribution in [3.8, 4) is 0 Å². The Morgan fingerprint density at radius 2 is 1.29 bits per heavy atom. The first-order chi connectivity index (χ1) is 16.2. The van der Waals surface area contributed by atoms with E-state index in [1.165, 1.54) is 77.0 Å². The van der Waals surface area contributed by atoms with Gasteiger partial charge in [-0.05, 0) is 32.1 Å². The second-order valence-corrected chi connectivity index (χ2v) is 11.7. The molecule has 0 radical (unpaired) electrons. The van der Waals surface area contributed by atoms with Crippen molar-refractivity contribution in [3.63, 3.8) is 0 Å². The molecule has 0 bridgehead atoms. The fraction of sp³-hybridized carbons (Fsp3) is 0.923. The van der Waals surface area contributed by atoms with Gasteiger partial charge in [-0.1, -0.05) is 76.9 Å². The first kappa shape index (κ1) is 33.7. The normalized spacial score (nSPS) is 15.1. The van der Waals surface area contributed by atoms with Crippen LogP contribution >= 0.6 is 7.82 Å². The lowest BCUT2D eigenvalue weighted by atomic mass is 10.1. The van der Waals surface area contributed by atoms with Crippen LogP contribution in [0.5, 0.6) is 0 Å². The molecule has 8 heteroatoms. The van der Waals surface area contributed by atoms with Crippen molar-refractivity contribution in [3.05, 3.63) is 12.2 Å². The van der Waals surface area contributed by atoms with Crippen LogP contribution in [0.25, 0.3) is 0 Å². The first-order valence-electron chi connectivity index (χ1n) is 13.5. The molecule has 2 atom stereocenters. The standard InChI is InChI=1S/C26H54NO6P/c1-5-6-7-8-9-10-11-12-13-14-15-16-17-18-19-20-22-31-24-26(28)25-33-34(29,30)32-23-21-27(2,3)4/h10-11,26,28H,5-9,12-25H2,1-4H3/p+1/t26-/m1/s1. The molecule has 2 N–H and O–H groups in total. The van der Waals surface area contributed by atoms with Crippen molar-refractivity contribution in [1.82, 2.24) is 0 Å². The minimum atomic E-state index is -4.14. The Hall–Kier alpha value is -0.270. The van der Waals surface area contributed by atoms with E-state index in [-0.39, 0.29) is 19.8 Å². The van der Waals surface area contributed by atoms with Gasteiger partial charge in [-0.15, -0.1) is 0 Å². The Bertz CT molecular complexity index is 524. The maximum atomic E-state index is 11.8. The highest BCUT2D eigenvalue weighted by Crippen LogP contribution is 2.43. The molecule has 0 saturated heterocycles. The van der Waals surface area contributed by atoms with E-state index in [0.717, 1.165) is 12.8 Å². The van der Waals surface area contributed by atoms with Crippen LogP contribution in [0.3, 0.4) is 0 Å². The number of rotatable bonds is 25. The van der Waals surface area contributed by atoms with E-state index in [2.05, 4.69) is 19.1 Å². The molecular formula is C26H55NO6P+. The lowest BCUT2D eigenvalue weighted by Crippen LogP contribution is -2.37. The third-order valence-electron chi connectivity index (χ3n) is 5.56. The second-order valence-electron chi connectivity index (χ2n) is 10.3. The molecule has 0 heterocycles. The zero-order chi connectivity index (χ0) is 25.5. The smallest absolute Gasteiger partial charge is 0.388 e. The summed E-state index contributed by atoms with van der Waals surface area (Å²) in [4.78, 5) is 9.64. The molecule has 34 heavy (non-hydrogen) atoms. The Kier molecular flexibility index (Phi) is 21.8. The van der Waals surface area contributed by atoms with Gasteiger partial charge in [0.25, 0.3) is 0 Å². The third-order valence-corrected chi connectivity index (χ3v) is 6.54. The topological polar surface area (TPSA) is 85.2 Å². The average Bonchev–Trinajstić information content (AvgIpc) is 2.76. The van der Waals surface area contributed by atoms with Crippen LogP contribution in [0.1, 0.15) is 96.8 Å². The number of hydrogen-bond acceptors (Lipinski definition) is 5. The summed E-state index contributed by atoms with van der Waals surface area (Å²) in [7, 11) is 1.75. The summed E-state index contributed by atoms with van der Waals surface area (Å²) < 4.78 is 27.6. The molecule has 0 fully saturated rings. The Balaban J connectivity index is 3.42. The van der Waals surface area contributed by atoms with Gasteiger partial charge >= 0.3 is 7.82 Å². The number of phosphoric ester groups is 1. The van der Waals surface area contributed by atoms with E-state index >= 15 is 0 Å². The summed E-state index contributed by atoms with van der Waals surface area (Å²) in [6.07, 6.45) is 21.4. The fourth-order valence-corrected chi connectivity index (χ4v) is 4.11. The highest BCUT2D eigenvalue weighted by atomic mass is 31.2. The molecule has 0 aromatic heterocycles. The van der Waals surface area contributed by atoms with E-state index in [4.69, 9.17) is 13.8 Å². The van der Waals surface area contributed by atoms with Crippen molar-refractivity contribution < 1.29 is 32.8 Å². The molecule has 0 rings (SSSR count). The molecule has 0 aromatic rings. The summed E-state index contributed by atoms with van der Waals surface area (Å²) in [5.74, 6) is 0. The molecule has 0 spiro atoms. The molecular weight excluding hydrogens is 453 g/mol. The largest absolute Gasteiger partial charge is 0.472 e. The van der Waals surface area contributed by atoms with Gasteiger partial charge in [0.1, 0.15) is 19.3 Å². The van der Waals surface area contributed by atoms with Crippen molar-refractivity contribution in [2.45, 2.75) is 103 Å². The summed E-state index contributed by atoms with van der Waals surface area (Å²) in [5, 5.41) is 9.86. The van der Waals surface area contributed by atoms with Crippen molar-refractivity contribution in [1.29, 1.82) is 0 Å². The minimum absolute atomic E-state index is 0.0894. The predicted molar refractivity (Wildman–Crippen MR) is 141 cm³/mol. The van der Waals surface area contributed by atoms with Crippen LogP contribution in [0.2, 0.25) is 0 Å². The van der Waals surface area contributed by atoms with E-state index in [0.29, 0.717) is 17.6 Å². The number of allylic oxidation sites excluding steroid dienone is 2. The van der Waals surface area contributed by atoms with Crippen LogP contribution < -0.4 is 0 Å². The Labute approximate surface area is 210 Å². The zero-order valence-electron chi connectivity index (χ0n) is 22.6. The van der Waals surface area contributed by atoms with Gasteiger partial charge < -0.3 is 19.2 Å². The molecule has 0 aromatic carbocycles. The molecule has 0 amide bonds. The van der Waals surface area contributed by atoms with Gasteiger partial charge in [-0.3, -0.25) is 9.05 Å². The summed E-state index contributed by atoms with van der Waals surface area (Å²) in [5.41, 5.74) is 0. The molecule has 0 aliphatic carbocycles. The van der Waals surface area contributed by atoms with Gasteiger partial charge in [0, 0.05) is 6.61 Å². The number of hydrogen-bond donors (Lipinski definition) is 2. The van der Waals surface area contributed by atoms with Crippen LogP contribution in [0.4, 0.5) is 0 Å². The van der Waals surface area contributed by atoms with E-state index in [1.54, 1.807) is 0 Å². The molecule has 1 unspecified atom stereocenters. The first-order valence-corrected chi connectivity index (χ1v) is 15.0. The van der Waals surface area contributed by atoms with Crippen LogP contribution in [0.15, 0.2) is 12.2 Å². The maximum Gasteiger partial charge on any atom is 0.472 e. The minimum Gasteiger partial charge on any atom is -0.388 e. The number of likely N-dealkylation sites (N-methyl/N-ethyl adjacent to an activating group) is 1. The fourth-order valence-electron chi connectivity index (χ4n) is 3.37. The number of aliphatic hydroxyl groups excluding tert-OH is 1. The Morgan fingerprint density at radius 1 is 0.765 bits per heavy atom. The highest BCUT2D eigenvalue weighted by Gasteiger charge is 2.24. The highest BCUT2D eigenvalue weighted by molar-refractivity contribution is 7.47.